The van der Waals surface area contributed by atoms with Crippen LogP contribution in [0.15, 0.2) is 60.8 Å². The highest BCUT2D eigenvalue weighted by atomic mass is 16.5. The molecule has 0 N–H and O–H groups in total. The van der Waals surface area contributed by atoms with Crippen molar-refractivity contribution in [3.8, 4) is 11.5 Å². The van der Waals surface area contributed by atoms with Crippen LogP contribution in [0.2, 0.25) is 0 Å². The van der Waals surface area contributed by atoms with Gasteiger partial charge in [-0.15, -0.1) is 0 Å². The second-order valence-electron chi connectivity index (χ2n) is 7.14. The Kier molecular flexibility index (Phi) is 3.50. The number of benzene rings is 2. The van der Waals surface area contributed by atoms with Crippen molar-refractivity contribution in [2.75, 3.05) is 14.2 Å². The monoisotopic (exact) mass is 372 g/mol. The van der Waals surface area contributed by atoms with E-state index in [1.807, 2.05) is 53.4 Å². The third-order valence-electron chi connectivity index (χ3n) is 5.95. The minimum atomic E-state index is -0.749. The Labute approximate surface area is 163 Å². The van der Waals surface area contributed by atoms with E-state index >= 15 is 0 Å². The highest BCUT2D eigenvalue weighted by Gasteiger charge is 2.60. The lowest BCUT2D eigenvalue weighted by atomic mass is 9.80. The molecule has 2 aliphatic heterocycles. The summed E-state index contributed by atoms with van der Waals surface area (Å²) in [6.45, 7) is 2.06. The Balaban J connectivity index is 1.86. The zero-order chi connectivity index (χ0) is 19.5. The fourth-order valence-electron chi connectivity index (χ4n) is 4.73. The molecule has 5 rings (SSSR count). The number of ether oxygens (including phenoxy) is 2. The molecule has 3 heterocycles. The molecular weight excluding hydrogens is 352 g/mol. The molecule has 0 unspecified atom stereocenters. The maximum absolute atomic E-state index is 13.4. The Hall–Kier alpha value is -3.34. The molecule has 1 amide bonds. The topological polar surface area (TPSA) is 51.7 Å². The maximum atomic E-state index is 13.4. The standard InChI is InChI=1S/C23H20N2O3/c1-14-19-13-17(28-3)10-11-20(19)23(15-6-8-16(27-2)9-7-15)21-18(5-4-12-24-21)22(26)25(14)23/h4-14H,1-3H3/t14-,23+/m1/s1. The van der Waals surface area contributed by atoms with Crippen molar-refractivity contribution in [2.24, 2.45) is 0 Å². The molecule has 0 fully saturated rings. The average molecular weight is 372 g/mol. The predicted octanol–water partition coefficient (Wildman–Crippen LogP) is 3.92. The van der Waals surface area contributed by atoms with Gasteiger partial charge in [0.1, 0.15) is 17.0 Å². The number of amides is 1. The maximum Gasteiger partial charge on any atom is 0.257 e. The number of carbonyl (C=O) groups excluding carboxylic acids is 1. The van der Waals surface area contributed by atoms with Gasteiger partial charge in [0.2, 0.25) is 0 Å². The van der Waals surface area contributed by atoms with Crippen molar-refractivity contribution >= 4 is 5.91 Å². The Morgan fingerprint density at radius 3 is 2.43 bits per heavy atom. The molecule has 1 aromatic heterocycles. The number of carbonyl (C=O) groups is 1. The summed E-state index contributed by atoms with van der Waals surface area (Å²) < 4.78 is 10.8. The van der Waals surface area contributed by atoms with Crippen LogP contribution in [0.1, 0.15) is 45.7 Å². The summed E-state index contributed by atoms with van der Waals surface area (Å²) in [5, 5.41) is 0. The lowest BCUT2D eigenvalue weighted by molar-refractivity contribution is 0.0631. The molecule has 2 aromatic carbocycles. The molecule has 0 bridgehead atoms. The Morgan fingerprint density at radius 2 is 1.71 bits per heavy atom. The zero-order valence-electron chi connectivity index (χ0n) is 16.0. The lowest BCUT2D eigenvalue weighted by Gasteiger charge is -2.35. The molecular formula is C23H20N2O3. The molecule has 2 atom stereocenters. The predicted molar refractivity (Wildman–Crippen MR) is 105 cm³/mol. The van der Waals surface area contributed by atoms with Gasteiger partial charge in [-0.3, -0.25) is 9.78 Å². The van der Waals surface area contributed by atoms with E-state index < -0.39 is 5.54 Å². The first-order chi connectivity index (χ1) is 13.6. The molecule has 0 saturated heterocycles. The van der Waals surface area contributed by atoms with Crippen molar-refractivity contribution in [3.05, 3.63) is 88.7 Å². The van der Waals surface area contributed by atoms with Gasteiger partial charge in [0.25, 0.3) is 5.91 Å². The van der Waals surface area contributed by atoms with Gasteiger partial charge >= 0.3 is 0 Å². The van der Waals surface area contributed by atoms with Gasteiger partial charge in [0.15, 0.2) is 0 Å². The number of hydrogen-bond acceptors (Lipinski definition) is 4. The molecule has 0 aliphatic carbocycles. The highest BCUT2D eigenvalue weighted by Crippen LogP contribution is 2.58. The SMILES string of the molecule is COc1ccc([C@@]23c4ccc(OC)cc4[C@@H](C)N2C(=O)c2cccnc23)cc1. The van der Waals surface area contributed by atoms with Crippen molar-refractivity contribution < 1.29 is 14.3 Å². The zero-order valence-corrected chi connectivity index (χ0v) is 16.0. The van der Waals surface area contributed by atoms with Gasteiger partial charge < -0.3 is 14.4 Å². The minimum absolute atomic E-state index is 0.00147. The highest BCUT2D eigenvalue weighted by molar-refractivity contribution is 6.02. The quantitative estimate of drug-likeness (QED) is 0.699. The molecule has 140 valence electrons. The van der Waals surface area contributed by atoms with Crippen LogP contribution in [0.4, 0.5) is 0 Å². The molecule has 5 nitrogen and oxygen atoms in total. The van der Waals surface area contributed by atoms with Gasteiger partial charge in [-0.2, -0.15) is 0 Å². The van der Waals surface area contributed by atoms with Crippen LogP contribution < -0.4 is 9.47 Å². The molecule has 3 aromatic rings. The number of pyridine rings is 1. The molecule has 0 spiro atoms. The average Bonchev–Trinajstić information content (AvgIpc) is 3.17. The van der Waals surface area contributed by atoms with E-state index in [-0.39, 0.29) is 11.9 Å². The number of methoxy groups -OCH3 is 2. The number of fused-ring (bicyclic) bond motifs is 5. The van der Waals surface area contributed by atoms with E-state index in [0.717, 1.165) is 33.9 Å². The van der Waals surface area contributed by atoms with Crippen LogP contribution in [0.3, 0.4) is 0 Å². The summed E-state index contributed by atoms with van der Waals surface area (Å²) in [5.41, 5.74) is 3.83. The van der Waals surface area contributed by atoms with E-state index in [9.17, 15) is 4.79 Å². The second kappa shape index (κ2) is 5.83. The Bertz CT molecular complexity index is 1090. The molecule has 0 radical (unpaired) electrons. The molecule has 2 aliphatic rings. The van der Waals surface area contributed by atoms with Crippen LogP contribution >= 0.6 is 0 Å². The van der Waals surface area contributed by atoms with Gasteiger partial charge in [0.05, 0.1) is 31.5 Å². The summed E-state index contributed by atoms with van der Waals surface area (Å²) >= 11 is 0. The summed E-state index contributed by atoms with van der Waals surface area (Å²) in [6, 6.07) is 17.5. The number of nitrogens with zero attached hydrogens (tertiary/aromatic N) is 2. The summed E-state index contributed by atoms with van der Waals surface area (Å²) in [7, 11) is 3.30. The van der Waals surface area contributed by atoms with E-state index in [2.05, 4.69) is 13.0 Å². The van der Waals surface area contributed by atoms with E-state index in [1.54, 1.807) is 20.4 Å². The number of hydrogen-bond donors (Lipinski definition) is 0. The fraction of sp³-hybridized carbons (Fsp3) is 0.217. The molecule has 0 saturated carbocycles. The summed E-state index contributed by atoms with van der Waals surface area (Å²) in [5.74, 6) is 1.56. The lowest BCUT2D eigenvalue weighted by Crippen LogP contribution is -2.41. The van der Waals surface area contributed by atoms with E-state index in [4.69, 9.17) is 14.5 Å². The van der Waals surface area contributed by atoms with Crippen molar-refractivity contribution in [2.45, 2.75) is 18.5 Å². The van der Waals surface area contributed by atoms with Gasteiger partial charge in [-0.25, -0.2) is 0 Å². The van der Waals surface area contributed by atoms with Crippen LogP contribution in [0.5, 0.6) is 11.5 Å². The van der Waals surface area contributed by atoms with Crippen molar-refractivity contribution in [3.63, 3.8) is 0 Å². The van der Waals surface area contributed by atoms with Crippen LogP contribution in [0, 0.1) is 0 Å². The normalized spacial score (nSPS) is 21.9. The smallest absolute Gasteiger partial charge is 0.257 e. The number of rotatable bonds is 3. The second-order valence-corrected chi connectivity index (χ2v) is 7.14. The van der Waals surface area contributed by atoms with Crippen molar-refractivity contribution in [1.29, 1.82) is 0 Å². The van der Waals surface area contributed by atoms with Crippen molar-refractivity contribution in [1.82, 2.24) is 9.88 Å². The van der Waals surface area contributed by atoms with E-state index in [0.29, 0.717) is 5.56 Å². The first-order valence-corrected chi connectivity index (χ1v) is 9.25. The fourth-order valence-corrected chi connectivity index (χ4v) is 4.73. The largest absolute Gasteiger partial charge is 0.497 e. The van der Waals surface area contributed by atoms with Crippen LogP contribution in [-0.4, -0.2) is 30.0 Å². The molecule has 5 heteroatoms. The first kappa shape index (κ1) is 16.8. The number of aromatic nitrogens is 1. The van der Waals surface area contributed by atoms with Crippen LogP contribution in [-0.2, 0) is 5.54 Å². The van der Waals surface area contributed by atoms with Crippen LogP contribution in [0.25, 0.3) is 0 Å². The van der Waals surface area contributed by atoms with E-state index in [1.165, 1.54) is 0 Å². The third kappa shape index (κ3) is 1.91. The molecule has 28 heavy (non-hydrogen) atoms. The third-order valence-corrected chi connectivity index (χ3v) is 5.95. The summed E-state index contributed by atoms with van der Waals surface area (Å²) in [4.78, 5) is 20.1. The summed E-state index contributed by atoms with van der Waals surface area (Å²) in [6.07, 6.45) is 1.76. The first-order valence-electron chi connectivity index (χ1n) is 9.25. The van der Waals surface area contributed by atoms with Gasteiger partial charge in [-0.05, 0) is 60.0 Å². The minimum Gasteiger partial charge on any atom is -0.497 e. The van der Waals surface area contributed by atoms with Gasteiger partial charge in [-0.1, -0.05) is 18.2 Å². The Morgan fingerprint density at radius 1 is 1.00 bits per heavy atom. The van der Waals surface area contributed by atoms with Gasteiger partial charge in [0, 0.05) is 6.20 Å².